The summed E-state index contributed by atoms with van der Waals surface area (Å²) < 4.78 is 0. The molecule has 0 fully saturated rings. The second-order valence-corrected chi connectivity index (χ2v) is 6.84. The Bertz CT molecular complexity index is 486. The van der Waals surface area contributed by atoms with Gasteiger partial charge in [-0.05, 0) is 37.2 Å². The zero-order chi connectivity index (χ0) is 14.4. The topological polar surface area (TPSA) is 41.1 Å². The lowest BCUT2D eigenvalue weighted by molar-refractivity contribution is 0.0956. The summed E-state index contributed by atoms with van der Waals surface area (Å²) in [5.41, 5.74) is 2.04. The van der Waals surface area contributed by atoms with Crippen LogP contribution in [-0.2, 0) is 0 Å². The molecule has 0 saturated heterocycles. The fourth-order valence-electron chi connectivity index (χ4n) is 2.08. The van der Waals surface area contributed by atoms with E-state index in [1.807, 2.05) is 36.0 Å². The third-order valence-electron chi connectivity index (χ3n) is 3.12. The van der Waals surface area contributed by atoms with Gasteiger partial charge in [-0.15, -0.1) is 24.2 Å². The van der Waals surface area contributed by atoms with Crippen LogP contribution in [0.3, 0.4) is 0 Å². The monoisotopic (exact) mass is 326 g/mol. The number of amides is 1. The number of hydrogen-bond donors (Lipinski definition) is 2. The minimum atomic E-state index is 0. The molecular formula is C16H23ClN2OS. The van der Waals surface area contributed by atoms with E-state index in [1.54, 1.807) is 0 Å². The van der Waals surface area contributed by atoms with E-state index >= 15 is 0 Å². The van der Waals surface area contributed by atoms with Gasteiger partial charge < -0.3 is 10.6 Å². The number of benzene rings is 1. The standard InChI is InChI=1S/C16H22N2OS.ClH/c1-12(2)20-15-5-3-14(4-6-15)16(19)18-11-13-7-9-17-10-8-13;/h3-7,12,17H,8-11H2,1-2H3,(H,18,19);1H. The quantitative estimate of drug-likeness (QED) is 0.644. The Hall–Kier alpha value is -0.970. The Morgan fingerprint density at radius 1 is 1.33 bits per heavy atom. The first-order valence-corrected chi connectivity index (χ1v) is 7.96. The van der Waals surface area contributed by atoms with Crippen molar-refractivity contribution in [2.75, 3.05) is 19.6 Å². The van der Waals surface area contributed by atoms with Crippen LogP contribution in [0.2, 0.25) is 0 Å². The molecule has 5 heteroatoms. The maximum atomic E-state index is 12.1. The van der Waals surface area contributed by atoms with Crippen LogP contribution in [0.4, 0.5) is 0 Å². The van der Waals surface area contributed by atoms with Gasteiger partial charge in [0.25, 0.3) is 5.91 Å². The largest absolute Gasteiger partial charge is 0.348 e. The van der Waals surface area contributed by atoms with Crippen LogP contribution < -0.4 is 10.6 Å². The van der Waals surface area contributed by atoms with Crippen LogP contribution in [0.1, 0.15) is 30.6 Å². The van der Waals surface area contributed by atoms with Gasteiger partial charge in [-0.2, -0.15) is 0 Å². The summed E-state index contributed by atoms with van der Waals surface area (Å²) in [6.07, 6.45) is 3.18. The molecule has 21 heavy (non-hydrogen) atoms. The number of halogens is 1. The van der Waals surface area contributed by atoms with Crippen LogP contribution in [0.15, 0.2) is 40.8 Å². The molecule has 1 heterocycles. The molecule has 0 aliphatic carbocycles. The second kappa shape index (κ2) is 9.13. The van der Waals surface area contributed by atoms with Gasteiger partial charge in [-0.1, -0.05) is 25.5 Å². The maximum absolute atomic E-state index is 12.1. The summed E-state index contributed by atoms with van der Waals surface area (Å²) in [4.78, 5) is 13.3. The van der Waals surface area contributed by atoms with Crippen LogP contribution in [0.5, 0.6) is 0 Å². The van der Waals surface area contributed by atoms with Crippen LogP contribution in [0, 0.1) is 0 Å². The van der Waals surface area contributed by atoms with Crippen molar-refractivity contribution in [1.29, 1.82) is 0 Å². The first-order valence-electron chi connectivity index (χ1n) is 7.08. The lowest BCUT2D eigenvalue weighted by atomic mass is 10.1. The maximum Gasteiger partial charge on any atom is 0.251 e. The number of rotatable bonds is 5. The van der Waals surface area contributed by atoms with Crippen molar-refractivity contribution in [3.63, 3.8) is 0 Å². The fourth-order valence-corrected chi connectivity index (χ4v) is 2.92. The Morgan fingerprint density at radius 3 is 2.62 bits per heavy atom. The van der Waals surface area contributed by atoms with E-state index in [0.29, 0.717) is 11.8 Å². The average molecular weight is 327 g/mol. The van der Waals surface area contributed by atoms with Crippen molar-refractivity contribution < 1.29 is 4.79 Å². The normalized spacial score (nSPS) is 14.3. The van der Waals surface area contributed by atoms with E-state index in [1.165, 1.54) is 10.5 Å². The van der Waals surface area contributed by atoms with Crippen molar-refractivity contribution in [2.45, 2.75) is 30.4 Å². The summed E-state index contributed by atoms with van der Waals surface area (Å²) in [6.45, 7) is 6.90. The van der Waals surface area contributed by atoms with E-state index in [-0.39, 0.29) is 18.3 Å². The smallest absolute Gasteiger partial charge is 0.251 e. The van der Waals surface area contributed by atoms with Crippen molar-refractivity contribution in [1.82, 2.24) is 10.6 Å². The number of nitrogens with one attached hydrogen (secondary N) is 2. The van der Waals surface area contributed by atoms with Gasteiger partial charge >= 0.3 is 0 Å². The van der Waals surface area contributed by atoms with E-state index in [9.17, 15) is 4.79 Å². The SMILES string of the molecule is CC(C)Sc1ccc(C(=O)NCC2=CCNCC2)cc1.Cl. The minimum Gasteiger partial charge on any atom is -0.348 e. The summed E-state index contributed by atoms with van der Waals surface area (Å²) in [6, 6.07) is 7.83. The first kappa shape index (κ1) is 18.1. The molecule has 0 unspecified atom stereocenters. The van der Waals surface area contributed by atoms with Crippen molar-refractivity contribution in [3.8, 4) is 0 Å². The molecule has 3 nitrogen and oxygen atoms in total. The number of hydrogen-bond acceptors (Lipinski definition) is 3. The zero-order valence-corrected chi connectivity index (χ0v) is 14.2. The fraction of sp³-hybridized carbons (Fsp3) is 0.438. The summed E-state index contributed by atoms with van der Waals surface area (Å²) >= 11 is 1.81. The van der Waals surface area contributed by atoms with Gasteiger partial charge in [0, 0.05) is 28.8 Å². The van der Waals surface area contributed by atoms with Gasteiger partial charge in [-0.3, -0.25) is 4.79 Å². The highest BCUT2D eigenvalue weighted by atomic mass is 35.5. The molecule has 1 aliphatic heterocycles. The molecule has 1 aliphatic rings. The third-order valence-corrected chi connectivity index (χ3v) is 4.14. The van der Waals surface area contributed by atoms with Gasteiger partial charge in [0.05, 0.1) is 0 Å². The highest BCUT2D eigenvalue weighted by Gasteiger charge is 2.08. The van der Waals surface area contributed by atoms with E-state index in [4.69, 9.17) is 0 Å². The van der Waals surface area contributed by atoms with Gasteiger partial charge in [0.1, 0.15) is 0 Å². The van der Waals surface area contributed by atoms with E-state index in [0.717, 1.165) is 25.1 Å². The molecule has 1 amide bonds. The average Bonchev–Trinajstić information content (AvgIpc) is 2.46. The first-order chi connectivity index (χ1) is 9.65. The molecule has 0 radical (unpaired) electrons. The highest BCUT2D eigenvalue weighted by Crippen LogP contribution is 2.22. The molecule has 1 aromatic carbocycles. The van der Waals surface area contributed by atoms with Gasteiger partial charge in [-0.25, -0.2) is 0 Å². The summed E-state index contributed by atoms with van der Waals surface area (Å²) in [5.74, 6) is 0.00512. The predicted octanol–water partition coefficient (Wildman–Crippen LogP) is 3.26. The molecule has 0 atom stereocenters. The van der Waals surface area contributed by atoms with Crippen LogP contribution in [-0.4, -0.2) is 30.8 Å². The third kappa shape index (κ3) is 6.12. The van der Waals surface area contributed by atoms with Crippen molar-refractivity contribution in [3.05, 3.63) is 41.5 Å². The van der Waals surface area contributed by atoms with Crippen molar-refractivity contribution in [2.24, 2.45) is 0 Å². The summed E-state index contributed by atoms with van der Waals surface area (Å²) in [7, 11) is 0. The molecule has 116 valence electrons. The summed E-state index contributed by atoms with van der Waals surface area (Å²) in [5, 5.41) is 6.81. The number of thioether (sulfide) groups is 1. The Morgan fingerprint density at radius 2 is 2.05 bits per heavy atom. The lowest BCUT2D eigenvalue weighted by Gasteiger charge is -2.14. The number of carbonyl (C=O) groups excluding carboxylic acids is 1. The second-order valence-electron chi connectivity index (χ2n) is 5.19. The lowest BCUT2D eigenvalue weighted by Crippen LogP contribution is -2.29. The molecular weight excluding hydrogens is 304 g/mol. The Balaban J connectivity index is 0.00000220. The number of carbonyl (C=O) groups is 1. The predicted molar refractivity (Wildman–Crippen MR) is 92.6 cm³/mol. The van der Waals surface area contributed by atoms with E-state index in [2.05, 4.69) is 30.6 Å². The molecule has 0 aromatic heterocycles. The van der Waals surface area contributed by atoms with Crippen LogP contribution in [0.25, 0.3) is 0 Å². The molecule has 1 aromatic rings. The highest BCUT2D eigenvalue weighted by molar-refractivity contribution is 7.99. The van der Waals surface area contributed by atoms with Crippen molar-refractivity contribution >= 4 is 30.1 Å². The minimum absolute atomic E-state index is 0. The molecule has 2 rings (SSSR count). The Labute approximate surface area is 137 Å². The molecule has 2 N–H and O–H groups in total. The van der Waals surface area contributed by atoms with E-state index < -0.39 is 0 Å². The van der Waals surface area contributed by atoms with Gasteiger partial charge in [0.2, 0.25) is 0 Å². The molecule has 0 saturated carbocycles. The molecule has 0 bridgehead atoms. The molecule has 0 spiro atoms. The van der Waals surface area contributed by atoms with Crippen LogP contribution >= 0.6 is 24.2 Å². The zero-order valence-electron chi connectivity index (χ0n) is 12.5. The Kier molecular flexibility index (Phi) is 7.86. The van der Waals surface area contributed by atoms with Gasteiger partial charge in [0.15, 0.2) is 0 Å².